The lowest BCUT2D eigenvalue weighted by atomic mass is 9.96. The Morgan fingerprint density at radius 2 is 1.27 bits per heavy atom. The summed E-state index contributed by atoms with van der Waals surface area (Å²) >= 11 is 0. The van der Waals surface area contributed by atoms with Gasteiger partial charge in [-0.05, 0) is 28.8 Å². The number of hydrogen-bond donors (Lipinski definition) is 0. The van der Waals surface area contributed by atoms with Crippen molar-refractivity contribution >= 4 is 21.8 Å². The number of sulfonamides is 1. The van der Waals surface area contributed by atoms with Gasteiger partial charge < -0.3 is 24.0 Å². The van der Waals surface area contributed by atoms with Gasteiger partial charge in [0.15, 0.2) is 11.5 Å². The van der Waals surface area contributed by atoms with Crippen molar-refractivity contribution in [3.05, 3.63) is 126 Å². The van der Waals surface area contributed by atoms with Gasteiger partial charge in [0.1, 0.15) is 12.6 Å². The SMILES string of the molecule is COc1ccc(S(=O)(=O)N2CCN(C(=O)COCc3ccccc3)CC2C(=O)N2CCN(C(c3ccccc3)c3ccccc3)CC2)cc1OC. The number of benzene rings is 4. The van der Waals surface area contributed by atoms with Crippen LogP contribution >= 0.6 is 0 Å². The van der Waals surface area contributed by atoms with Gasteiger partial charge in [-0.2, -0.15) is 4.31 Å². The molecule has 2 aliphatic heterocycles. The number of piperazine rings is 2. The molecule has 0 spiro atoms. The smallest absolute Gasteiger partial charge is 0.248 e. The molecule has 0 aromatic heterocycles. The van der Waals surface area contributed by atoms with Crippen LogP contribution in [0.15, 0.2) is 114 Å². The van der Waals surface area contributed by atoms with E-state index in [2.05, 4.69) is 29.2 Å². The first-order valence-corrected chi connectivity index (χ1v) is 18.5. The number of carbonyl (C=O) groups is 2. The van der Waals surface area contributed by atoms with Gasteiger partial charge in [0.05, 0.1) is 31.8 Å². The number of methoxy groups -OCH3 is 2. The maximum absolute atomic E-state index is 14.4. The van der Waals surface area contributed by atoms with Crippen LogP contribution in [-0.2, 0) is 31.0 Å². The van der Waals surface area contributed by atoms with Gasteiger partial charge in [-0.25, -0.2) is 8.42 Å². The van der Waals surface area contributed by atoms with Crippen molar-refractivity contribution < 1.29 is 32.2 Å². The topological polar surface area (TPSA) is 109 Å². The second-order valence-electron chi connectivity index (χ2n) is 12.6. The van der Waals surface area contributed by atoms with E-state index in [9.17, 15) is 18.0 Å². The number of hydrogen-bond acceptors (Lipinski definition) is 8. The normalized spacial score (nSPS) is 17.4. The summed E-state index contributed by atoms with van der Waals surface area (Å²) in [6, 6.07) is 33.4. The molecule has 11 nitrogen and oxygen atoms in total. The Labute approximate surface area is 300 Å². The molecule has 1 atom stereocenters. The van der Waals surface area contributed by atoms with Gasteiger partial charge in [0.25, 0.3) is 0 Å². The van der Waals surface area contributed by atoms with E-state index in [1.54, 1.807) is 4.90 Å². The molecule has 0 N–H and O–H groups in total. The molecule has 0 radical (unpaired) electrons. The van der Waals surface area contributed by atoms with E-state index in [0.29, 0.717) is 31.9 Å². The van der Waals surface area contributed by atoms with Crippen LogP contribution in [0.1, 0.15) is 22.7 Å². The Kier molecular flexibility index (Phi) is 11.7. The molecule has 51 heavy (non-hydrogen) atoms. The quantitative estimate of drug-likeness (QED) is 0.217. The predicted molar refractivity (Wildman–Crippen MR) is 193 cm³/mol. The first-order valence-electron chi connectivity index (χ1n) is 17.1. The third-order valence-corrected chi connectivity index (χ3v) is 11.4. The second kappa shape index (κ2) is 16.5. The molecule has 12 heteroatoms. The lowest BCUT2D eigenvalue weighted by Gasteiger charge is -2.44. The van der Waals surface area contributed by atoms with E-state index in [1.165, 1.54) is 41.6 Å². The van der Waals surface area contributed by atoms with Gasteiger partial charge in [-0.15, -0.1) is 0 Å². The third-order valence-electron chi connectivity index (χ3n) is 9.49. The molecular weight excluding hydrogens is 669 g/mol. The van der Waals surface area contributed by atoms with E-state index in [4.69, 9.17) is 14.2 Å². The molecule has 2 aliphatic rings. The molecule has 0 bridgehead atoms. The molecule has 0 aliphatic carbocycles. The minimum Gasteiger partial charge on any atom is -0.493 e. The minimum absolute atomic E-state index is 0.00487. The number of carbonyl (C=O) groups excluding carboxylic acids is 2. The van der Waals surface area contributed by atoms with Crippen LogP contribution in [0, 0.1) is 0 Å². The summed E-state index contributed by atoms with van der Waals surface area (Å²) in [5, 5.41) is 0. The van der Waals surface area contributed by atoms with Crippen molar-refractivity contribution in [3.8, 4) is 11.5 Å². The summed E-state index contributed by atoms with van der Waals surface area (Å²) < 4.78 is 46.1. The highest BCUT2D eigenvalue weighted by Gasteiger charge is 2.44. The molecule has 2 heterocycles. The molecule has 2 saturated heterocycles. The molecule has 4 aromatic rings. The monoisotopic (exact) mass is 712 g/mol. The Morgan fingerprint density at radius 1 is 0.706 bits per heavy atom. The highest BCUT2D eigenvalue weighted by molar-refractivity contribution is 7.89. The average molecular weight is 713 g/mol. The van der Waals surface area contributed by atoms with Gasteiger partial charge in [-0.3, -0.25) is 14.5 Å². The maximum Gasteiger partial charge on any atom is 0.248 e. The van der Waals surface area contributed by atoms with E-state index in [1.807, 2.05) is 66.7 Å². The molecule has 4 aromatic carbocycles. The van der Waals surface area contributed by atoms with Crippen LogP contribution in [0.4, 0.5) is 0 Å². The summed E-state index contributed by atoms with van der Waals surface area (Å²) in [7, 11) is -1.27. The summed E-state index contributed by atoms with van der Waals surface area (Å²) in [5.41, 5.74) is 3.25. The fraction of sp³-hybridized carbons (Fsp3) is 0.333. The van der Waals surface area contributed by atoms with Crippen LogP contribution in [0.5, 0.6) is 11.5 Å². The van der Waals surface area contributed by atoms with Crippen LogP contribution in [-0.4, -0.2) is 112 Å². The Hall–Kier alpha value is -4.75. The van der Waals surface area contributed by atoms with Crippen molar-refractivity contribution in [3.63, 3.8) is 0 Å². The summed E-state index contributed by atoms with van der Waals surface area (Å²) in [4.78, 5) is 33.4. The molecular formula is C39H44N4O7S. The lowest BCUT2D eigenvalue weighted by Crippen LogP contribution is -2.63. The number of amides is 2. The Balaban J connectivity index is 1.21. The van der Waals surface area contributed by atoms with Gasteiger partial charge in [0, 0.05) is 51.9 Å². The molecule has 1 unspecified atom stereocenters. The summed E-state index contributed by atoms with van der Waals surface area (Å²) in [5.74, 6) is 0.00757. The summed E-state index contributed by atoms with van der Waals surface area (Å²) in [6.45, 7) is 2.05. The van der Waals surface area contributed by atoms with Crippen molar-refractivity contribution in [1.29, 1.82) is 0 Å². The zero-order chi connectivity index (χ0) is 35.8. The maximum atomic E-state index is 14.4. The average Bonchev–Trinajstić information content (AvgIpc) is 3.18. The van der Waals surface area contributed by atoms with E-state index >= 15 is 0 Å². The first-order chi connectivity index (χ1) is 24.8. The van der Waals surface area contributed by atoms with Crippen LogP contribution < -0.4 is 9.47 Å². The standard InChI is InChI=1S/C39H44N4O7S/c1-48-35-19-18-33(26-36(35)49-2)51(46,47)43-25-24-42(37(44)29-50-28-30-12-6-3-7-13-30)27-34(43)39(45)41-22-20-40(21-23-41)38(31-14-8-4-9-15-31)32-16-10-5-11-17-32/h3-19,26,34,38H,20-25,27-29H2,1-2H3. The van der Waals surface area contributed by atoms with Gasteiger partial charge in [-0.1, -0.05) is 91.0 Å². The Bertz CT molecular complexity index is 1830. The van der Waals surface area contributed by atoms with Crippen molar-refractivity contribution in [2.24, 2.45) is 0 Å². The number of nitrogens with zero attached hydrogens (tertiary/aromatic N) is 4. The van der Waals surface area contributed by atoms with Gasteiger partial charge >= 0.3 is 0 Å². The van der Waals surface area contributed by atoms with Crippen LogP contribution in [0.3, 0.4) is 0 Å². The van der Waals surface area contributed by atoms with Crippen LogP contribution in [0.25, 0.3) is 0 Å². The zero-order valence-corrected chi connectivity index (χ0v) is 29.8. The summed E-state index contributed by atoms with van der Waals surface area (Å²) in [6.07, 6.45) is 0. The fourth-order valence-electron chi connectivity index (χ4n) is 6.81. The van der Waals surface area contributed by atoms with Crippen molar-refractivity contribution in [1.82, 2.24) is 19.0 Å². The van der Waals surface area contributed by atoms with E-state index in [0.717, 1.165) is 16.7 Å². The van der Waals surface area contributed by atoms with Crippen molar-refractivity contribution in [2.75, 3.05) is 66.6 Å². The molecule has 0 saturated carbocycles. The van der Waals surface area contributed by atoms with Gasteiger partial charge in [0.2, 0.25) is 21.8 Å². The van der Waals surface area contributed by atoms with E-state index in [-0.39, 0.29) is 61.3 Å². The van der Waals surface area contributed by atoms with E-state index < -0.39 is 16.1 Å². The number of rotatable bonds is 12. The second-order valence-corrected chi connectivity index (χ2v) is 14.4. The fourth-order valence-corrected chi connectivity index (χ4v) is 8.39. The first kappa shape index (κ1) is 36.1. The zero-order valence-electron chi connectivity index (χ0n) is 29.0. The number of ether oxygens (including phenoxy) is 3. The lowest BCUT2D eigenvalue weighted by molar-refractivity contribution is -0.144. The largest absolute Gasteiger partial charge is 0.493 e. The third kappa shape index (κ3) is 8.26. The predicted octanol–water partition coefficient (Wildman–Crippen LogP) is 4.06. The highest BCUT2D eigenvalue weighted by atomic mass is 32.2. The molecule has 2 fully saturated rings. The molecule has 268 valence electrons. The molecule has 6 rings (SSSR count). The molecule has 2 amide bonds. The Morgan fingerprint density at radius 3 is 1.86 bits per heavy atom. The highest BCUT2D eigenvalue weighted by Crippen LogP contribution is 2.33. The minimum atomic E-state index is -4.18. The van der Waals surface area contributed by atoms with Crippen LogP contribution in [0.2, 0.25) is 0 Å². The van der Waals surface area contributed by atoms with Crippen molar-refractivity contribution in [2.45, 2.75) is 23.6 Å².